The average molecular weight is 266 g/mol. The predicted molar refractivity (Wildman–Crippen MR) is 75.0 cm³/mol. The molecule has 106 valence electrons. The minimum atomic E-state index is -0.393. The summed E-state index contributed by atoms with van der Waals surface area (Å²) in [6, 6.07) is 6.76. The molecule has 1 aromatic carbocycles. The summed E-state index contributed by atoms with van der Waals surface area (Å²) in [7, 11) is 0. The van der Waals surface area contributed by atoms with Gasteiger partial charge < -0.3 is 10.4 Å². The van der Waals surface area contributed by atoms with Gasteiger partial charge in [0.05, 0.1) is 4.92 Å². The van der Waals surface area contributed by atoms with E-state index < -0.39 is 4.92 Å². The number of non-ortho nitro benzene ring substituents is 1. The van der Waals surface area contributed by atoms with Crippen molar-refractivity contribution in [1.29, 1.82) is 0 Å². The summed E-state index contributed by atoms with van der Waals surface area (Å²) in [5.41, 5.74) is 1.15. The fourth-order valence-electron chi connectivity index (χ4n) is 1.98. The minimum Gasteiger partial charge on any atom is -0.396 e. The first kappa shape index (κ1) is 15.6. The molecule has 0 fully saturated rings. The highest BCUT2D eigenvalue weighted by atomic mass is 16.6. The summed E-state index contributed by atoms with van der Waals surface area (Å²) >= 11 is 0. The van der Waals surface area contributed by atoms with Crippen LogP contribution in [-0.4, -0.2) is 23.2 Å². The van der Waals surface area contributed by atoms with Crippen molar-refractivity contribution in [2.45, 2.75) is 32.7 Å². The number of benzene rings is 1. The normalized spacial score (nSPS) is 14.1. The lowest BCUT2D eigenvalue weighted by Gasteiger charge is -2.19. The van der Waals surface area contributed by atoms with Crippen LogP contribution in [0.5, 0.6) is 0 Å². The van der Waals surface area contributed by atoms with E-state index in [9.17, 15) is 10.1 Å². The van der Waals surface area contributed by atoms with Crippen LogP contribution in [-0.2, 0) is 0 Å². The zero-order chi connectivity index (χ0) is 14.3. The highest BCUT2D eigenvalue weighted by Crippen LogP contribution is 2.18. The van der Waals surface area contributed by atoms with Crippen LogP contribution >= 0.6 is 0 Å². The van der Waals surface area contributed by atoms with Crippen LogP contribution in [0.4, 0.5) is 5.69 Å². The van der Waals surface area contributed by atoms with Gasteiger partial charge in [-0.1, -0.05) is 25.5 Å². The lowest BCUT2D eigenvalue weighted by atomic mass is 10.0. The van der Waals surface area contributed by atoms with Gasteiger partial charge in [-0.15, -0.1) is 0 Å². The van der Waals surface area contributed by atoms with Crippen LogP contribution in [0.2, 0.25) is 0 Å². The third-order valence-electron chi connectivity index (χ3n) is 3.43. The summed E-state index contributed by atoms with van der Waals surface area (Å²) in [4.78, 5) is 10.2. The molecule has 2 unspecified atom stereocenters. The minimum absolute atomic E-state index is 0.114. The van der Waals surface area contributed by atoms with Crippen molar-refractivity contribution in [3.8, 4) is 0 Å². The number of hydrogen-bond acceptors (Lipinski definition) is 4. The number of nitro benzene ring substituents is 1. The van der Waals surface area contributed by atoms with E-state index in [1.807, 2.05) is 6.92 Å². The lowest BCUT2D eigenvalue weighted by molar-refractivity contribution is -0.384. The van der Waals surface area contributed by atoms with E-state index in [1.54, 1.807) is 12.1 Å². The van der Waals surface area contributed by atoms with Crippen LogP contribution in [0.1, 0.15) is 38.3 Å². The van der Waals surface area contributed by atoms with Crippen molar-refractivity contribution < 1.29 is 10.0 Å². The maximum Gasteiger partial charge on any atom is 0.269 e. The van der Waals surface area contributed by atoms with E-state index in [4.69, 9.17) is 5.11 Å². The van der Waals surface area contributed by atoms with E-state index in [2.05, 4.69) is 12.2 Å². The lowest BCUT2D eigenvalue weighted by Crippen LogP contribution is -2.26. The molecule has 5 heteroatoms. The smallest absolute Gasteiger partial charge is 0.269 e. The quantitative estimate of drug-likeness (QED) is 0.560. The first-order valence-corrected chi connectivity index (χ1v) is 6.67. The molecule has 0 aliphatic heterocycles. The van der Waals surface area contributed by atoms with Gasteiger partial charge in [0.15, 0.2) is 0 Å². The number of rotatable bonds is 8. The van der Waals surface area contributed by atoms with Gasteiger partial charge in [0.1, 0.15) is 0 Å². The molecule has 2 N–H and O–H groups in total. The maximum absolute atomic E-state index is 10.6. The molecule has 0 aliphatic rings. The third-order valence-corrected chi connectivity index (χ3v) is 3.43. The maximum atomic E-state index is 10.6. The second kappa shape index (κ2) is 7.86. The molecule has 1 aromatic rings. The number of aliphatic hydroxyl groups is 1. The standard InChI is InChI=1S/C14H22N2O3/c1-3-12(8-9-17)10-15-11(2)13-4-6-14(7-5-13)16(18)19/h4-7,11-12,15,17H,3,8-10H2,1-2H3. The summed E-state index contributed by atoms with van der Waals surface area (Å²) in [6.07, 6.45) is 1.83. The Hall–Kier alpha value is -1.46. The van der Waals surface area contributed by atoms with Crippen molar-refractivity contribution in [2.75, 3.05) is 13.2 Å². The van der Waals surface area contributed by atoms with Crippen LogP contribution < -0.4 is 5.32 Å². The number of nitro groups is 1. The first-order valence-electron chi connectivity index (χ1n) is 6.67. The molecule has 2 atom stereocenters. The third kappa shape index (κ3) is 4.96. The van der Waals surface area contributed by atoms with Gasteiger partial charge in [-0.3, -0.25) is 10.1 Å². The van der Waals surface area contributed by atoms with Crippen molar-refractivity contribution >= 4 is 5.69 Å². The van der Waals surface area contributed by atoms with Gasteiger partial charge in [0, 0.05) is 24.8 Å². The summed E-state index contributed by atoms with van der Waals surface area (Å²) in [5, 5.41) is 22.9. The van der Waals surface area contributed by atoms with E-state index in [0.29, 0.717) is 5.92 Å². The Morgan fingerprint density at radius 2 is 2.00 bits per heavy atom. The fourth-order valence-corrected chi connectivity index (χ4v) is 1.98. The Morgan fingerprint density at radius 1 is 1.37 bits per heavy atom. The largest absolute Gasteiger partial charge is 0.396 e. The first-order chi connectivity index (χ1) is 9.08. The zero-order valence-electron chi connectivity index (χ0n) is 11.5. The van der Waals surface area contributed by atoms with Gasteiger partial charge in [-0.05, 0) is 31.4 Å². The van der Waals surface area contributed by atoms with Gasteiger partial charge in [0.2, 0.25) is 0 Å². The Balaban J connectivity index is 2.53. The molecule has 0 heterocycles. The van der Waals surface area contributed by atoms with Crippen molar-refractivity contribution in [2.24, 2.45) is 5.92 Å². The molecule has 1 rings (SSSR count). The molecule has 0 bridgehead atoms. The van der Waals surface area contributed by atoms with Gasteiger partial charge >= 0.3 is 0 Å². The van der Waals surface area contributed by atoms with Gasteiger partial charge in [-0.25, -0.2) is 0 Å². The molecule has 0 aliphatic carbocycles. The molecule has 19 heavy (non-hydrogen) atoms. The van der Waals surface area contributed by atoms with Crippen molar-refractivity contribution in [1.82, 2.24) is 5.32 Å². The number of aliphatic hydroxyl groups excluding tert-OH is 1. The van der Waals surface area contributed by atoms with E-state index in [0.717, 1.165) is 24.9 Å². The Labute approximate surface area is 113 Å². The zero-order valence-corrected chi connectivity index (χ0v) is 11.5. The summed E-state index contributed by atoms with van der Waals surface area (Å²) in [6.45, 7) is 5.20. The van der Waals surface area contributed by atoms with E-state index >= 15 is 0 Å². The number of nitrogens with zero attached hydrogens (tertiary/aromatic N) is 1. The Kier molecular flexibility index (Phi) is 6.45. The predicted octanol–water partition coefficient (Wildman–Crippen LogP) is 2.65. The van der Waals surface area contributed by atoms with E-state index in [1.165, 1.54) is 12.1 Å². The molecule has 5 nitrogen and oxygen atoms in total. The van der Waals surface area contributed by atoms with Crippen LogP contribution in [0.25, 0.3) is 0 Å². The van der Waals surface area contributed by atoms with Gasteiger partial charge in [-0.2, -0.15) is 0 Å². The SMILES string of the molecule is CCC(CCO)CNC(C)c1ccc([N+](=O)[O-])cc1. The second-order valence-corrected chi connectivity index (χ2v) is 4.77. The average Bonchev–Trinajstić information content (AvgIpc) is 2.43. The molecular weight excluding hydrogens is 244 g/mol. The summed E-state index contributed by atoms with van der Waals surface area (Å²) < 4.78 is 0. The molecule has 0 amide bonds. The van der Waals surface area contributed by atoms with Crippen LogP contribution in [0.15, 0.2) is 24.3 Å². The second-order valence-electron chi connectivity index (χ2n) is 4.77. The van der Waals surface area contributed by atoms with Crippen LogP contribution in [0.3, 0.4) is 0 Å². The molecule has 0 aromatic heterocycles. The highest BCUT2D eigenvalue weighted by molar-refractivity contribution is 5.33. The van der Waals surface area contributed by atoms with Crippen molar-refractivity contribution in [3.63, 3.8) is 0 Å². The van der Waals surface area contributed by atoms with E-state index in [-0.39, 0.29) is 18.3 Å². The summed E-state index contributed by atoms with van der Waals surface area (Å²) in [5.74, 6) is 0.463. The Morgan fingerprint density at radius 3 is 2.47 bits per heavy atom. The molecule has 0 saturated heterocycles. The molecule has 0 spiro atoms. The van der Waals surface area contributed by atoms with Crippen LogP contribution in [0, 0.1) is 16.0 Å². The fraction of sp³-hybridized carbons (Fsp3) is 0.571. The Bertz CT molecular complexity index is 392. The molecule has 0 saturated carbocycles. The number of hydrogen-bond donors (Lipinski definition) is 2. The monoisotopic (exact) mass is 266 g/mol. The molecular formula is C14H22N2O3. The highest BCUT2D eigenvalue weighted by Gasteiger charge is 2.11. The topological polar surface area (TPSA) is 75.4 Å². The van der Waals surface area contributed by atoms with Crippen molar-refractivity contribution in [3.05, 3.63) is 39.9 Å². The van der Waals surface area contributed by atoms with Gasteiger partial charge in [0.25, 0.3) is 5.69 Å². The molecule has 0 radical (unpaired) electrons. The number of nitrogens with one attached hydrogen (secondary N) is 1.